The number of aryl methyl sites for hydroxylation is 1. The molecule has 0 unspecified atom stereocenters. The van der Waals surface area contributed by atoms with Crippen molar-refractivity contribution in [3.05, 3.63) is 11.4 Å². The van der Waals surface area contributed by atoms with Crippen LogP contribution in [0.2, 0.25) is 0 Å². The summed E-state index contributed by atoms with van der Waals surface area (Å²) in [6, 6.07) is 0. The summed E-state index contributed by atoms with van der Waals surface area (Å²) in [7, 11) is -1.71. The highest BCUT2D eigenvalue weighted by Gasteiger charge is 2.23. The minimum absolute atomic E-state index is 0.290. The summed E-state index contributed by atoms with van der Waals surface area (Å²) in [6.45, 7) is 2.67. The van der Waals surface area contributed by atoms with Crippen molar-refractivity contribution < 1.29 is 8.42 Å². The number of aromatic nitrogens is 2. The maximum Gasteiger partial charge on any atom is 0.244 e. The monoisotopic (exact) mass is 314 g/mol. The summed E-state index contributed by atoms with van der Waals surface area (Å²) < 4.78 is 27.5. The van der Waals surface area contributed by atoms with Crippen LogP contribution in [0, 0.1) is 12.8 Å². The Bertz CT molecular complexity index is 547. The number of hydrogen-bond acceptors (Lipinski definition) is 4. The highest BCUT2D eigenvalue weighted by molar-refractivity contribution is 7.89. The van der Waals surface area contributed by atoms with E-state index in [2.05, 4.69) is 20.2 Å². The van der Waals surface area contributed by atoms with E-state index in [1.54, 1.807) is 14.0 Å². The molecular formula is C14H26N4O2S. The smallest absolute Gasteiger partial charge is 0.244 e. The Morgan fingerprint density at radius 3 is 2.71 bits per heavy atom. The van der Waals surface area contributed by atoms with Crippen LogP contribution in [0.4, 0.5) is 0 Å². The number of rotatable bonds is 8. The average Bonchev–Trinajstić information content (AvgIpc) is 3.05. The van der Waals surface area contributed by atoms with Gasteiger partial charge in [0.1, 0.15) is 4.90 Å². The highest BCUT2D eigenvalue weighted by Crippen LogP contribution is 2.28. The van der Waals surface area contributed by atoms with Crippen LogP contribution in [0.3, 0.4) is 0 Å². The zero-order valence-electron chi connectivity index (χ0n) is 12.9. The van der Waals surface area contributed by atoms with Gasteiger partial charge in [0.2, 0.25) is 10.0 Å². The highest BCUT2D eigenvalue weighted by atomic mass is 32.2. The molecule has 0 aliphatic heterocycles. The summed E-state index contributed by atoms with van der Waals surface area (Å²) in [5.74, 6) is 0.796. The van der Waals surface area contributed by atoms with Gasteiger partial charge in [-0.1, -0.05) is 25.7 Å². The zero-order chi connectivity index (χ0) is 15.3. The van der Waals surface area contributed by atoms with E-state index in [1.807, 2.05) is 0 Å². The summed E-state index contributed by atoms with van der Waals surface area (Å²) in [5.41, 5.74) is 1.13. The molecule has 1 aliphatic rings. The molecule has 1 heterocycles. The first-order chi connectivity index (χ1) is 10.0. The zero-order valence-corrected chi connectivity index (χ0v) is 13.7. The molecule has 1 saturated carbocycles. The van der Waals surface area contributed by atoms with E-state index in [0.29, 0.717) is 24.5 Å². The topological polar surface area (TPSA) is 86.9 Å². The number of H-pyrrole nitrogens is 1. The number of nitrogens with zero attached hydrogens (tertiary/aromatic N) is 1. The molecule has 1 aliphatic carbocycles. The molecule has 120 valence electrons. The van der Waals surface area contributed by atoms with Crippen LogP contribution < -0.4 is 10.0 Å². The fourth-order valence-corrected chi connectivity index (χ4v) is 4.52. The number of sulfonamides is 1. The SMILES string of the molecule is CNCc1n[nH]c(C)c1S(=O)(=O)NCCCC1CCCC1. The van der Waals surface area contributed by atoms with Crippen molar-refractivity contribution >= 4 is 10.0 Å². The van der Waals surface area contributed by atoms with Crippen molar-refractivity contribution in [1.29, 1.82) is 0 Å². The minimum atomic E-state index is -3.48. The molecule has 1 aromatic heterocycles. The van der Waals surface area contributed by atoms with E-state index in [1.165, 1.54) is 25.7 Å². The number of aromatic amines is 1. The molecule has 3 N–H and O–H groups in total. The lowest BCUT2D eigenvalue weighted by molar-refractivity contribution is 0.480. The summed E-state index contributed by atoms with van der Waals surface area (Å²) in [5, 5.41) is 9.75. The van der Waals surface area contributed by atoms with Crippen molar-refractivity contribution in [2.75, 3.05) is 13.6 Å². The van der Waals surface area contributed by atoms with Crippen LogP contribution in [0.5, 0.6) is 0 Å². The first-order valence-corrected chi connectivity index (χ1v) is 9.21. The largest absolute Gasteiger partial charge is 0.314 e. The van der Waals surface area contributed by atoms with Crippen molar-refractivity contribution in [3.8, 4) is 0 Å². The molecular weight excluding hydrogens is 288 g/mol. The second-order valence-electron chi connectivity index (χ2n) is 5.85. The summed E-state index contributed by atoms with van der Waals surface area (Å²) >= 11 is 0. The molecule has 1 aromatic rings. The molecule has 0 spiro atoms. The quantitative estimate of drug-likeness (QED) is 0.637. The van der Waals surface area contributed by atoms with Crippen molar-refractivity contribution in [2.45, 2.75) is 56.9 Å². The fourth-order valence-electron chi connectivity index (χ4n) is 3.08. The van der Waals surface area contributed by atoms with E-state index in [9.17, 15) is 8.42 Å². The van der Waals surface area contributed by atoms with Gasteiger partial charge >= 0.3 is 0 Å². The standard InChI is InChI=1S/C14H26N4O2S/c1-11-14(13(10-15-2)18-17-11)21(19,20)16-9-5-8-12-6-3-4-7-12/h12,15-16H,3-10H2,1-2H3,(H,17,18). The van der Waals surface area contributed by atoms with E-state index in [0.717, 1.165) is 18.8 Å². The van der Waals surface area contributed by atoms with Crippen LogP contribution in [0.15, 0.2) is 4.90 Å². The van der Waals surface area contributed by atoms with Gasteiger partial charge in [0.25, 0.3) is 0 Å². The molecule has 1 fully saturated rings. The van der Waals surface area contributed by atoms with Gasteiger partial charge < -0.3 is 5.32 Å². The van der Waals surface area contributed by atoms with Gasteiger partial charge in [0.15, 0.2) is 0 Å². The lowest BCUT2D eigenvalue weighted by atomic mass is 10.0. The van der Waals surface area contributed by atoms with Crippen molar-refractivity contribution in [3.63, 3.8) is 0 Å². The lowest BCUT2D eigenvalue weighted by Crippen LogP contribution is -2.27. The molecule has 0 bridgehead atoms. The van der Waals surface area contributed by atoms with E-state index >= 15 is 0 Å². The maximum absolute atomic E-state index is 12.4. The van der Waals surface area contributed by atoms with Crippen molar-refractivity contribution in [2.24, 2.45) is 5.92 Å². The molecule has 0 aromatic carbocycles. The lowest BCUT2D eigenvalue weighted by Gasteiger charge is -2.10. The molecule has 21 heavy (non-hydrogen) atoms. The summed E-state index contributed by atoms with van der Waals surface area (Å²) in [6.07, 6.45) is 7.30. The van der Waals surface area contributed by atoms with E-state index in [4.69, 9.17) is 0 Å². The Morgan fingerprint density at radius 1 is 1.33 bits per heavy atom. The summed E-state index contributed by atoms with van der Waals surface area (Å²) in [4.78, 5) is 0.290. The predicted octanol–water partition coefficient (Wildman–Crippen LogP) is 1.69. The Kier molecular flexibility index (Phi) is 5.78. The van der Waals surface area contributed by atoms with Gasteiger partial charge in [0.05, 0.1) is 11.4 Å². The van der Waals surface area contributed by atoms with Crippen LogP contribution in [0.1, 0.15) is 49.9 Å². The van der Waals surface area contributed by atoms with Crippen LogP contribution in [-0.4, -0.2) is 32.2 Å². The molecule has 6 nitrogen and oxygen atoms in total. The Labute approximate surface area is 127 Å². The van der Waals surface area contributed by atoms with Crippen LogP contribution in [0.25, 0.3) is 0 Å². The third-order valence-electron chi connectivity index (χ3n) is 4.13. The number of nitrogens with one attached hydrogen (secondary N) is 3. The first kappa shape index (κ1) is 16.5. The Hall–Kier alpha value is -0.920. The molecule has 0 amide bonds. The van der Waals surface area contributed by atoms with E-state index < -0.39 is 10.0 Å². The Morgan fingerprint density at radius 2 is 2.05 bits per heavy atom. The molecule has 0 saturated heterocycles. The van der Waals surface area contributed by atoms with Gasteiger partial charge in [-0.2, -0.15) is 5.10 Å². The second kappa shape index (κ2) is 7.38. The third-order valence-corrected chi connectivity index (χ3v) is 5.79. The third kappa shape index (κ3) is 4.28. The molecule has 2 rings (SSSR count). The van der Waals surface area contributed by atoms with Crippen molar-refractivity contribution in [1.82, 2.24) is 20.2 Å². The van der Waals surface area contributed by atoms with Gasteiger partial charge in [-0.15, -0.1) is 0 Å². The van der Waals surface area contributed by atoms with Gasteiger partial charge in [0, 0.05) is 13.1 Å². The van der Waals surface area contributed by atoms with Crippen LogP contribution >= 0.6 is 0 Å². The molecule has 7 heteroatoms. The maximum atomic E-state index is 12.4. The van der Waals surface area contributed by atoms with Crippen LogP contribution in [-0.2, 0) is 16.6 Å². The number of hydrogen-bond donors (Lipinski definition) is 3. The molecule has 0 radical (unpaired) electrons. The normalized spacial score (nSPS) is 16.7. The predicted molar refractivity (Wildman–Crippen MR) is 82.5 cm³/mol. The van der Waals surface area contributed by atoms with Gasteiger partial charge in [-0.25, -0.2) is 13.1 Å². The fraction of sp³-hybridized carbons (Fsp3) is 0.786. The van der Waals surface area contributed by atoms with E-state index in [-0.39, 0.29) is 4.90 Å². The Balaban J connectivity index is 1.90. The second-order valence-corrected chi connectivity index (χ2v) is 7.55. The van der Waals surface area contributed by atoms with Gasteiger partial charge in [-0.05, 0) is 32.7 Å². The van der Waals surface area contributed by atoms with Gasteiger partial charge in [-0.3, -0.25) is 5.10 Å². The first-order valence-electron chi connectivity index (χ1n) is 7.72. The average molecular weight is 314 g/mol. The molecule has 0 atom stereocenters. The minimum Gasteiger partial charge on any atom is -0.314 e.